The summed E-state index contributed by atoms with van der Waals surface area (Å²) in [7, 11) is -2.83. The predicted molar refractivity (Wildman–Crippen MR) is 175 cm³/mol. The summed E-state index contributed by atoms with van der Waals surface area (Å²) in [5.41, 5.74) is 0.416. The third-order valence-corrected chi connectivity index (χ3v) is 11.0. The number of aromatic nitrogens is 1. The van der Waals surface area contributed by atoms with Gasteiger partial charge in [-0.2, -0.15) is 0 Å². The van der Waals surface area contributed by atoms with Gasteiger partial charge in [-0.3, -0.25) is 28.2 Å². The lowest BCUT2D eigenvalue weighted by atomic mass is 10.1. The molecule has 2 amide bonds. The summed E-state index contributed by atoms with van der Waals surface area (Å²) in [6, 6.07) is 8.88. The molecular formula is C30H38ClF2N3O10P2. The van der Waals surface area contributed by atoms with Crippen molar-refractivity contribution in [3.63, 3.8) is 0 Å². The number of nitrogens with zero attached hydrogens (tertiary/aromatic N) is 2. The SMILES string of the molecule is CCP(=O)(OC)OCC(C[C@@H](COC(=O)Nc1cc2cc(F)ccc2cn1)N(C)C(=O)CCc1cccc(F)c1Cl)OP(=O)(OC)OC. The maximum absolute atomic E-state index is 14.0. The lowest BCUT2D eigenvalue weighted by molar-refractivity contribution is -0.133. The molecule has 0 aliphatic rings. The second kappa shape index (κ2) is 18.1. The number of rotatable bonds is 18. The maximum atomic E-state index is 14.0. The Balaban J connectivity index is 1.82. The fourth-order valence-corrected chi connectivity index (χ4v) is 6.45. The molecule has 1 heterocycles. The van der Waals surface area contributed by atoms with Gasteiger partial charge in [-0.05, 0) is 47.7 Å². The Bertz CT molecular complexity index is 1650. The van der Waals surface area contributed by atoms with Gasteiger partial charge in [0.1, 0.15) is 24.1 Å². The highest BCUT2D eigenvalue weighted by Gasteiger charge is 2.34. The van der Waals surface area contributed by atoms with Crippen molar-refractivity contribution in [2.45, 2.75) is 38.3 Å². The summed E-state index contributed by atoms with van der Waals surface area (Å²) >= 11 is 6.06. The molecule has 0 aliphatic heterocycles. The number of carbonyl (C=O) groups excluding carboxylic acids is 2. The van der Waals surface area contributed by atoms with Crippen molar-refractivity contribution in [1.29, 1.82) is 0 Å². The van der Waals surface area contributed by atoms with E-state index in [2.05, 4.69) is 10.3 Å². The van der Waals surface area contributed by atoms with Crippen LogP contribution >= 0.6 is 27.0 Å². The van der Waals surface area contributed by atoms with Crippen LogP contribution in [0.3, 0.4) is 0 Å². The van der Waals surface area contributed by atoms with E-state index in [1.165, 1.54) is 55.6 Å². The van der Waals surface area contributed by atoms with Gasteiger partial charge in [0.2, 0.25) is 5.91 Å². The van der Waals surface area contributed by atoms with Crippen LogP contribution in [-0.4, -0.2) is 81.8 Å². The van der Waals surface area contributed by atoms with Crippen molar-refractivity contribution >= 4 is 55.6 Å². The van der Waals surface area contributed by atoms with Gasteiger partial charge >= 0.3 is 21.5 Å². The van der Waals surface area contributed by atoms with Crippen molar-refractivity contribution in [1.82, 2.24) is 9.88 Å². The van der Waals surface area contributed by atoms with Crippen molar-refractivity contribution < 1.29 is 54.9 Å². The zero-order valence-electron chi connectivity index (χ0n) is 27.0. The number of carbonyl (C=O) groups is 2. The third-order valence-electron chi connectivity index (χ3n) is 7.28. The molecule has 1 N–H and O–H groups in total. The van der Waals surface area contributed by atoms with Crippen molar-refractivity contribution in [3.8, 4) is 0 Å². The Morgan fingerprint density at radius 3 is 2.42 bits per heavy atom. The molecule has 2 aromatic carbocycles. The molecule has 0 aliphatic carbocycles. The fourth-order valence-electron chi connectivity index (χ4n) is 4.45. The number of hydrogen-bond acceptors (Lipinski definition) is 11. The first kappa shape index (κ1) is 39.4. The summed E-state index contributed by atoms with van der Waals surface area (Å²) in [6.07, 6.45) is -0.858. The van der Waals surface area contributed by atoms with E-state index in [4.69, 9.17) is 39.0 Å². The molecule has 0 saturated heterocycles. The summed E-state index contributed by atoms with van der Waals surface area (Å²) in [5, 5.41) is 3.50. The van der Waals surface area contributed by atoms with E-state index in [0.29, 0.717) is 16.3 Å². The first-order valence-electron chi connectivity index (χ1n) is 14.6. The number of likely N-dealkylation sites (N-methyl/N-ethyl adjacent to an activating group) is 1. The number of anilines is 1. The molecule has 48 heavy (non-hydrogen) atoms. The molecule has 18 heteroatoms. The van der Waals surface area contributed by atoms with Gasteiger partial charge in [-0.1, -0.05) is 30.7 Å². The summed E-state index contributed by atoms with van der Waals surface area (Å²) in [5.74, 6) is -1.46. The van der Waals surface area contributed by atoms with E-state index in [1.807, 2.05) is 0 Å². The van der Waals surface area contributed by atoms with Crippen LogP contribution in [0.2, 0.25) is 5.02 Å². The van der Waals surface area contributed by atoms with Gasteiger partial charge in [0, 0.05) is 59.0 Å². The first-order valence-corrected chi connectivity index (χ1v) is 18.2. The number of amides is 2. The van der Waals surface area contributed by atoms with Crippen molar-refractivity contribution in [2.75, 3.05) is 53.1 Å². The van der Waals surface area contributed by atoms with E-state index in [0.717, 1.165) is 14.2 Å². The van der Waals surface area contributed by atoms with Crippen molar-refractivity contribution in [3.05, 3.63) is 70.9 Å². The second-order valence-corrected chi connectivity index (χ2v) is 15.0. The van der Waals surface area contributed by atoms with Crippen LogP contribution < -0.4 is 5.32 Å². The van der Waals surface area contributed by atoms with Gasteiger partial charge in [0.25, 0.3) is 0 Å². The minimum atomic E-state index is -4.14. The van der Waals surface area contributed by atoms with Gasteiger partial charge in [0.15, 0.2) is 0 Å². The number of fused-ring (bicyclic) bond motifs is 1. The standard InChI is InChI=1S/C30H38ClF2N3O10P2/c1-6-47(39,41-3)45-19-25(46-48(40,42-4)43-5)16-24(36(2)28(37)13-11-20-8-7-9-26(33)29(20)31)18-44-30(38)35-27-15-22-14-23(32)12-10-21(22)17-34-27/h7-10,12,14-15,17,24-25H,6,11,13,16,18-19H2,1-5H3,(H,34,35,38)/t24-,25?,47?/m0/s1. The van der Waals surface area contributed by atoms with Crippen molar-refractivity contribution in [2.24, 2.45) is 0 Å². The molecule has 2 unspecified atom stereocenters. The zero-order chi connectivity index (χ0) is 35.5. The minimum absolute atomic E-state index is 0.0195. The summed E-state index contributed by atoms with van der Waals surface area (Å²) in [6.45, 7) is 0.733. The van der Waals surface area contributed by atoms with Gasteiger partial charge in [0.05, 0.1) is 23.8 Å². The number of ether oxygens (including phenoxy) is 1. The number of nitrogens with one attached hydrogen (secondary N) is 1. The summed E-state index contributed by atoms with van der Waals surface area (Å²) in [4.78, 5) is 31.6. The fraction of sp³-hybridized carbons (Fsp3) is 0.433. The van der Waals surface area contributed by atoms with Crippen LogP contribution in [0.25, 0.3) is 10.8 Å². The lowest BCUT2D eigenvalue weighted by Gasteiger charge is -2.32. The number of halogens is 3. The van der Waals surface area contributed by atoms with Crippen LogP contribution in [-0.2, 0) is 47.7 Å². The Labute approximate surface area is 282 Å². The van der Waals surface area contributed by atoms with Gasteiger partial charge in [-0.25, -0.2) is 23.1 Å². The van der Waals surface area contributed by atoms with Crippen LogP contribution in [0, 0.1) is 11.6 Å². The molecular weight excluding hydrogens is 698 g/mol. The molecule has 0 bridgehead atoms. The minimum Gasteiger partial charge on any atom is -0.447 e. The van der Waals surface area contributed by atoms with E-state index < -0.39 is 64.4 Å². The highest BCUT2D eigenvalue weighted by atomic mass is 35.5. The molecule has 13 nitrogen and oxygen atoms in total. The monoisotopic (exact) mass is 735 g/mol. The number of phosphoric ester groups is 1. The van der Waals surface area contributed by atoms with Crippen LogP contribution in [0.1, 0.15) is 25.3 Å². The molecule has 1 aromatic heterocycles. The van der Waals surface area contributed by atoms with Crippen LogP contribution in [0.15, 0.2) is 48.7 Å². The molecule has 0 spiro atoms. The molecule has 3 aromatic rings. The van der Waals surface area contributed by atoms with E-state index >= 15 is 0 Å². The molecule has 264 valence electrons. The normalized spacial score (nSPS) is 14.2. The third kappa shape index (κ3) is 11.3. The predicted octanol–water partition coefficient (Wildman–Crippen LogP) is 7.23. The largest absolute Gasteiger partial charge is 0.474 e. The Morgan fingerprint density at radius 1 is 1.02 bits per heavy atom. The Hall–Kier alpha value is -3.00. The molecule has 0 fully saturated rings. The quantitative estimate of drug-likeness (QED) is 0.132. The average Bonchev–Trinajstić information content (AvgIpc) is 3.08. The number of hydrogen-bond donors (Lipinski definition) is 1. The number of aryl methyl sites for hydroxylation is 1. The smallest absolute Gasteiger partial charge is 0.447 e. The molecule has 3 atom stereocenters. The average molecular weight is 736 g/mol. The molecule has 3 rings (SSSR count). The number of pyridine rings is 1. The molecule has 0 radical (unpaired) electrons. The van der Waals surface area contributed by atoms with Crippen LogP contribution in [0.5, 0.6) is 0 Å². The highest BCUT2D eigenvalue weighted by molar-refractivity contribution is 7.53. The maximum Gasteiger partial charge on any atom is 0.474 e. The topological polar surface area (TPSA) is 152 Å². The first-order chi connectivity index (χ1) is 22.7. The molecule has 0 saturated carbocycles. The van der Waals surface area contributed by atoms with Gasteiger partial charge in [-0.15, -0.1) is 0 Å². The van der Waals surface area contributed by atoms with E-state index in [1.54, 1.807) is 19.1 Å². The second-order valence-electron chi connectivity index (χ2n) is 10.3. The summed E-state index contributed by atoms with van der Waals surface area (Å²) < 4.78 is 84.8. The van der Waals surface area contributed by atoms with Gasteiger partial charge < -0.3 is 18.7 Å². The number of phosphoric acid groups is 1. The van der Waals surface area contributed by atoms with E-state index in [-0.39, 0.29) is 36.3 Å². The Morgan fingerprint density at radius 2 is 1.75 bits per heavy atom. The van der Waals surface area contributed by atoms with E-state index in [9.17, 15) is 27.5 Å². The van der Waals surface area contributed by atoms with Crippen LogP contribution in [0.4, 0.5) is 19.4 Å². The highest BCUT2D eigenvalue weighted by Crippen LogP contribution is 2.51. The zero-order valence-corrected chi connectivity index (χ0v) is 29.6. The Kier molecular flexibility index (Phi) is 14.9. The number of benzene rings is 2. The lowest BCUT2D eigenvalue weighted by Crippen LogP contribution is -2.44.